The Morgan fingerprint density at radius 1 is 1.00 bits per heavy atom. The molecule has 0 fully saturated rings. The number of ether oxygens (including phenoxy) is 1. The number of hydrogen-bond acceptors (Lipinski definition) is 2. The summed E-state index contributed by atoms with van der Waals surface area (Å²) in [6.45, 7) is 0. The van der Waals surface area contributed by atoms with Gasteiger partial charge in [0, 0.05) is 28.0 Å². The molecule has 0 saturated carbocycles. The van der Waals surface area contributed by atoms with Crippen LogP contribution in [0.4, 0.5) is 0 Å². The van der Waals surface area contributed by atoms with Crippen molar-refractivity contribution in [2.45, 2.75) is 0 Å². The highest BCUT2D eigenvalue weighted by Gasteiger charge is 2.07. The molecule has 1 N–H and O–H groups in total. The topological polar surface area (TPSA) is 37.9 Å². The number of aromatic nitrogens is 2. The van der Waals surface area contributed by atoms with Gasteiger partial charge in [-0.2, -0.15) is 0 Å². The highest BCUT2D eigenvalue weighted by atomic mass is 16.5. The van der Waals surface area contributed by atoms with E-state index in [2.05, 4.69) is 29.2 Å². The minimum Gasteiger partial charge on any atom is -0.497 e. The summed E-state index contributed by atoms with van der Waals surface area (Å²) in [7, 11) is 1.68. The summed E-state index contributed by atoms with van der Waals surface area (Å²) in [6.07, 6.45) is 2.02. The van der Waals surface area contributed by atoms with Crippen LogP contribution in [0.1, 0.15) is 0 Å². The molecule has 0 aliphatic heterocycles. The smallest absolute Gasteiger partial charge is 0.119 e. The number of para-hydroxylation sites is 1. The molecule has 0 amide bonds. The highest BCUT2D eigenvalue weighted by Crippen LogP contribution is 2.29. The van der Waals surface area contributed by atoms with Crippen molar-refractivity contribution in [3.8, 4) is 17.0 Å². The summed E-state index contributed by atoms with van der Waals surface area (Å²) in [5.74, 6) is 0.851. The van der Waals surface area contributed by atoms with Gasteiger partial charge in [0.25, 0.3) is 0 Å². The fraction of sp³-hybridized carbons (Fsp3) is 0.0556. The zero-order chi connectivity index (χ0) is 14.2. The van der Waals surface area contributed by atoms with Crippen LogP contribution in [0, 0.1) is 0 Å². The summed E-state index contributed by atoms with van der Waals surface area (Å²) < 4.78 is 5.25. The number of benzene rings is 2. The first-order valence-electron chi connectivity index (χ1n) is 6.86. The average Bonchev–Trinajstić information content (AvgIpc) is 2.98. The quantitative estimate of drug-likeness (QED) is 0.588. The average molecular weight is 274 g/mol. The number of aromatic amines is 1. The second kappa shape index (κ2) is 4.63. The molecule has 0 unspecified atom stereocenters. The molecule has 3 heteroatoms. The molecular formula is C18H14N2O. The molecule has 0 radical (unpaired) electrons. The van der Waals surface area contributed by atoms with Crippen molar-refractivity contribution in [1.82, 2.24) is 9.97 Å². The van der Waals surface area contributed by atoms with Gasteiger partial charge in [0.2, 0.25) is 0 Å². The van der Waals surface area contributed by atoms with Crippen molar-refractivity contribution in [3.05, 3.63) is 60.8 Å². The number of fused-ring (bicyclic) bond motifs is 2. The van der Waals surface area contributed by atoms with Crippen LogP contribution < -0.4 is 4.74 Å². The third-order valence-electron chi connectivity index (χ3n) is 3.76. The van der Waals surface area contributed by atoms with Gasteiger partial charge in [-0.3, -0.25) is 0 Å². The predicted octanol–water partition coefficient (Wildman–Crippen LogP) is 4.39. The molecule has 2 heterocycles. The van der Waals surface area contributed by atoms with E-state index in [-0.39, 0.29) is 0 Å². The van der Waals surface area contributed by atoms with Crippen LogP contribution in [0.15, 0.2) is 60.8 Å². The number of nitrogens with zero attached hydrogens (tertiary/aromatic N) is 1. The maximum atomic E-state index is 5.25. The van der Waals surface area contributed by atoms with E-state index in [1.54, 1.807) is 7.11 Å². The van der Waals surface area contributed by atoms with E-state index in [9.17, 15) is 0 Å². The van der Waals surface area contributed by atoms with Crippen LogP contribution in [0.2, 0.25) is 0 Å². The molecule has 21 heavy (non-hydrogen) atoms. The van der Waals surface area contributed by atoms with Gasteiger partial charge in [0.15, 0.2) is 0 Å². The van der Waals surface area contributed by atoms with Crippen LogP contribution in [0.3, 0.4) is 0 Å². The largest absolute Gasteiger partial charge is 0.497 e. The summed E-state index contributed by atoms with van der Waals surface area (Å²) in [4.78, 5) is 8.06. The fourth-order valence-electron chi connectivity index (χ4n) is 2.66. The van der Waals surface area contributed by atoms with Gasteiger partial charge in [0.1, 0.15) is 5.75 Å². The lowest BCUT2D eigenvalue weighted by atomic mass is 10.1. The Morgan fingerprint density at radius 2 is 1.90 bits per heavy atom. The van der Waals surface area contributed by atoms with E-state index in [0.29, 0.717) is 0 Å². The molecule has 4 rings (SSSR count). The number of pyridine rings is 1. The van der Waals surface area contributed by atoms with Crippen LogP contribution in [-0.4, -0.2) is 17.1 Å². The lowest BCUT2D eigenvalue weighted by Gasteiger charge is -2.04. The first-order chi connectivity index (χ1) is 10.3. The van der Waals surface area contributed by atoms with Crippen molar-refractivity contribution in [2.24, 2.45) is 0 Å². The zero-order valence-electron chi connectivity index (χ0n) is 11.6. The highest BCUT2D eigenvalue weighted by molar-refractivity contribution is 5.95. The van der Waals surface area contributed by atoms with Crippen molar-refractivity contribution in [3.63, 3.8) is 0 Å². The van der Waals surface area contributed by atoms with E-state index in [0.717, 1.165) is 33.4 Å². The van der Waals surface area contributed by atoms with E-state index in [4.69, 9.17) is 9.72 Å². The van der Waals surface area contributed by atoms with Crippen LogP contribution >= 0.6 is 0 Å². The van der Waals surface area contributed by atoms with E-state index >= 15 is 0 Å². The van der Waals surface area contributed by atoms with Gasteiger partial charge < -0.3 is 9.72 Å². The molecule has 4 aromatic rings. The molecule has 2 aromatic heterocycles. The van der Waals surface area contributed by atoms with Gasteiger partial charge in [0.05, 0.1) is 18.3 Å². The summed E-state index contributed by atoms with van der Waals surface area (Å²) in [5, 5.41) is 2.27. The minimum absolute atomic E-state index is 0.851. The minimum atomic E-state index is 0.851. The second-order valence-corrected chi connectivity index (χ2v) is 5.00. The summed E-state index contributed by atoms with van der Waals surface area (Å²) in [6, 6.07) is 18.3. The Kier molecular flexibility index (Phi) is 2.64. The summed E-state index contributed by atoms with van der Waals surface area (Å²) >= 11 is 0. The lowest BCUT2D eigenvalue weighted by molar-refractivity contribution is 0.415. The second-order valence-electron chi connectivity index (χ2n) is 5.00. The molecule has 0 atom stereocenters. The fourth-order valence-corrected chi connectivity index (χ4v) is 2.66. The van der Waals surface area contributed by atoms with Crippen molar-refractivity contribution < 1.29 is 4.74 Å². The van der Waals surface area contributed by atoms with Gasteiger partial charge in [-0.25, -0.2) is 4.98 Å². The third-order valence-corrected chi connectivity index (χ3v) is 3.76. The first kappa shape index (κ1) is 12.0. The van der Waals surface area contributed by atoms with Gasteiger partial charge in [-0.05, 0) is 30.3 Å². The Bertz CT molecular complexity index is 940. The van der Waals surface area contributed by atoms with Crippen molar-refractivity contribution >= 4 is 21.8 Å². The van der Waals surface area contributed by atoms with Gasteiger partial charge in [-0.15, -0.1) is 0 Å². The monoisotopic (exact) mass is 274 g/mol. The molecular weight excluding hydrogens is 260 g/mol. The SMILES string of the molecule is COc1ccc2nc(-c3c[nH]c4ccccc34)ccc2c1. The number of rotatable bonds is 2. The molecule has 102 valence electrons. The third kappa shape index (κ3) is 1.94. The van der Waals surface area contributed by atoms with Crippen LogP contribution in [0.5, 0.6) is 5.75 Å². The Balaban J connectivity index is 1.90. The Labute approximate surface area is 122 Å². The molecule has 0 aliphatic rings. The molecule has 2 aromatic carbocycles. The molecule has 3 nitrogen and oxygen atoms in total. The normalized spacial score (nSPS) is 11.1. The molecule has 0 saturated heterocycles. The maximum absolute atomic E-state index is 5.25. The standard InChI is InChI=1S/C18H14N2O/c1-21-13-7-9-16-12(10-13)6-8-18(20-16)15-11-19-17-5-3-2-4-14(15)17/h2-11,19H,1H3. The number of nitrogens with one attached hydrogen (secondary N) is 1. The molecule has 0 aliphatic carbocycles. The van der Waals surface area contributed by atoms with Crippen molar-refractivity contribution in [2.75, 3.05) is 7.11 Å². The summed E-state index contributed by atoms with van der Waals surface area (Å²) in [5.41, 5.74) is 4.20. The zero-order valence-corrected chi connectivity index (χ0v) is 11.6. The van der Waals surface area contributed by atoms with E-state index in [1.165, 1.54) is 5.39 Å². The Hall–Kier alpha value is -2.81. The van der Waals surface area contributed by atoms with Gasteiger partial charge >= 0.3 is 0 Å². The van der Waals surface area contributed by atoms with E-state index < -0.39 is 0 Å². The predicted molar refractivity (Wildman–Crippen MR) is 85.6 cm³/mol. The number of H-pyrrole nitrogens is 1. The van der Waals surface area contributed by atoms with Crippen molar-refractivity contribution in [1.29, 1.82) is 0 Å². The van der Waals surface area contributed by atoms with Crippen LogP contribution in [-0.2, 0) is 0 Å². The maximum Gasteiger partial charge on any atom is 0.119 e. The number of hydrogen-bond donors (Lipinski definition) is 1. The number of methoxy groups -OCH3 is 1. The van der Waals surface area contributed by atoms with Crippen LogP contribution in [0.25, 0.3) is 33.1 Å². The Morgan fingerprint density at radius 3 is 2.81 bits per heavy atom. The molecule has 0 bridgehead atoms. The lowest BCUT2D eigenvalue weighted by Crippen LogP contribution is -1.86. The molecule has 0 spiro atoms. The van der Waals surface area contributed by atoms with E-state index in [1.807, 2.05) is 36.5 Å². The van der Waals surface area contributed by atoms with Gasteiger partial charge in [-0.1, -0.05) is 24.3 Å². The first-order valence-corrected chi connectivity index (χ1v) is 6.86.